The fourth-order valence-electron chi connectivity index (χ4n) is 2.67. The molecule has 1 saturated carbocycles. The zero-order valence-electron chi connectivity index (χ0n) is 9.91. The minimum atomic E-state index is -0.924. The lowest BCUT2D eigenvalue weighted by atomic mass is 9.67. The maximum atomic E-state index is 11.0. The molecule has 2 atom stereocenters. The van der Waals surface area contributed by atoms with E-state index in [0.717, 1.165) is 25.0 Å². The highest BCUT2D eigenvalue weighted by Gasteiger charge is 2.42. The largest absolute Gasteiger partial charge is 0.477 e. The molecule has 0 aromatic heterocycles. The predicted octanol–water partition coefficient (Wildman–Crippen LogP) is 2.15. The van der Waals surface area contributed by atoms with Crippen LogP contribution in [-0.4, -0.2) is 22.5 Å². The number of carbonyl (C=O) groups is 1. The average molecular weight is 242 g/mol. The molecule has 92 valence electrons. The Labute approximate surface area is 105 Å². The van der Waals surface area contributed by atoms with Crippen LogP contribution in [0.4, 0.5) is 0 Å². The van der Waals surface area contributed by atoms with Crippen molar-refractivity contribution in [3.8, 4) is 0 Å². The summed E-state index contributed by atoms with van der Waals surface area (Å²) in [5, 5.41) is 17.1. The lowest BCUT2D eigenvalue weighted by Gasteiger charge is -2.38. The number of benzene rings is 1. The van der Waals surface area contributed by atoms with Crippen molar-refractivity contribution in [2.24, 2.45) is 22.0 Å². The van der Waals surface area contributed by atoms with E-state index in [9.17, 15) is 4.79 Å². The smallest absolute Gasteiger partial charge is 0.352 e. The van der Waals surface area contributed by atoms with Crippen LogP contribution in [0.25, 0.3) is 0 Å². The number of carboxylic acid groups (broad SMARTS) is 1. The van der Waals surface area contributed by atoms with Gasteiger partial charge in [-0.2, -0.15) is 5.10 Å². The minimum Gasteiger partial charge on any atom is -0.477 e. The molecule has 4 heteroatoms. The zero-order chi connectivity index (χ0) is 12.5. The van der Waals surface area contributed by atoms with Crippen molar-refractivity contribution in [1.29, 1.82) is 0 Å². The molecule has 2 unspecified atom stereocenters. The number of hydrogen-bond acceptors (Lipinski definition) is 3. The zero-order valence-corrected chi connectivity index (χ0v) is 9.91. The van der Waals surface area contributed by atoms with Crippen LogP contribution in [0, 0.1) is 11.8 Å². The topological polar surface area (TPSA) is 62.0 Å². The molecule has 1 aromatic rings. The monoisotopic (exact) mass is 242 g/mol. The van der Waals surface area contributed by atoms with E-state index in [0.29, 0.717) is 0 Å². The van der Waals surface area contributed by atoms with E-state index < -0.39 is 5.97 Å². The van der Waals surface area contributed by atoms with Gasteiger partial charge in [-0.3, -0.25) is 0 Å². The first-order valence-electron chi connectivity index (χ1n) is 6.17. The molecule has 1 N–H and O–H groups in total. The van der Waals surface area contributed by atoms with Crippen molar-refractivity contribution in [3.63, 3.8) is 0 Å². The molecular weight excluding hydrogens is 228 g/mol. The summed E-state index contributed by atoms with van der Waals surface area (Å²) in [7, 11) is 0. The highest BCUT2D eigenvalue weighted by Crippen LogP contribution is 2.39. The third kappa shape index (κ3) is 1.83. The molecule has 0 radical (unpaired) electrons. The van der Waals surface area contributed by atoms with Crippen LogP contribution in [0.3, 0.4) is 0 Å². The number of aliphatic carboxylic acids is 1. The Hall–Kier alpha value is -1.97. The second-order valence-corrected chi connectivity index (χ2v) is 4.83. The Bertz CT molecular complexity index is 534. The van der Waals surface area contributed by atoms with Gasteiger partial charge in [-0.15, -0.1) is 5.10 Å². The predicted molar refractivity (Wildman–Crippen MR) is 68.9 cm³/mol. The highest BCUT2D eigenvalue weighted by molar-refractivity contribution is 6.37. The van der Waals surface area contributed by atoms with Crippen LogP contribution in [0.2, 0.25) is 0 Å². The second-order valence-electron chi connectivity index (χ2n) is 4.83. The van der Waals surface area contributed by atoms with E-state index in [1.54, 1.807) is 0 Å². The van der Waals surface area contributed by atoms with Crippen molar-refractivity contribution in [2.75, 3.05) is 0 Å². The van der Waals surface area contributed by atoms with Gasteiger partial charge in [0, 0.05) is 24.0 Å². The maximum Gasteiger partial charge on any atom is 0.352 e. The van der Waals surface area contributed by atoms with Crippen LogP contribution in [0.15, 0.2) is 40.5 Å². The summed E-state index contributed by atoms with van der Waals surface area (Å²) in [6, 6.07) is 10.1. The Morgan fingerprint density at radius 2 is 1.89 bits per heavy atom. The fourth-order valence-corrected chi connectivity index (χ4v) is 2.67. The van der Waals surface area contributed by atoms with Gasteiger partial charge in [-0.05, 0) is 18.4 Å². The molecule has 1 fully saturated rings. The second kappa shape index (κ2) is 4.37. The van der Waals surface area contributed by atoms with E-state index in [-0.39, 0.29) is 17.5 Å². The van der Waals surface area contributed by atoms with Crippen molar-refractivity contribution in [2.45, 2.75) is 19.3 Å². The van der Waals surface area contributed by atoms with Crippen molar-refractivity contribution in [1.82, 2.24) is 0 Å². The standard InChI is InChI=1S/C14H14N2O2/c17-14(18)13-11-7-6-10(11)12(15-16-13)8-9-4-2-1-3-5-9/h1-5,10-11H,6-8H2,(H,17,18). The third-order valence-corrected chi connectivity index (χ3v) is 3.79. The van der Waals surface area contributed by atoms with Crippen molar-refractivity contribution in [3.05, 3.63) is 35.9 Å². The van der Waals surface area contributed by atoms with E-state index in [2.05, 4.69) is 22.3 Å². The average Bonchev–Trinajstić information content (AvgIpc) is 2.32. The molecule has 0 spiro atoms. The van der Waals surface area contributed by atoms with Gasteiger partial charge in [0.2, 0.25) is 0 Å². The van der Waals surface area contributed by atoms with E-state index >= 15 is 0 Å². The molecule has 2 aliphatic rings. The number of hydrogen-bond donors (Lipinski definition) is 1. The molecule has 18 heavy (non-hydrogen) atoms. The molecule has 0 saturated heterocycles. The van der Waals surface area contributed by atoms with E-state index in [4.69, 9.17) is 5.11 Å². The summed E-state index contributed by atoms with van der Waals surface area (Å²) in [6.07, 6.45) is 2.73. The van der Waals surface area contributed by atoms with Crippen LogP contribution in [0.5, 0.6) is 0 Å². The summed E-state index contributed by atoms with van der Waals surface area (Å²) >= 11 is 0. The lowest BCUT2D eigenvalue weighted by molar-refractivity contribution is -0.129. The number of nitrogens with zero attached hydrogens (tertiary/aromatic N) is 2. The molecule has 1 aliphatic heterocycles. The molecule has 3 rings (SSSR count). The van der Waals surface area contributed by atoms with Gasteiger partial charge in [0.05, 0.1) is 0 Å². The molecule has 1 aromatic carbocycles. The summed E-state index contributed by atoms with van der Waals surface area (Å²) in [5.74, 6) is -0.556. The summed E-state index contributed by atoms with van der Waals surface area (Å²) in [6.45, 7) is 0. The number of rotatable bonds is 3. The van der Waals surface area contributed by atoms with E-state index in [1.165, 1.54) is 5.56 Å². The molecule has 1 aliphatic carbocycles. The van der Waals surface area contributed by atoms with Gasteiger partial charge in [0.15, 0.2) is 5.71 Å². The van der Waals surface area contributed by atoms with Gasteiger partial charge < -0.3 is 5.11 Å². The molecule has 0 bridgehead atoms. The number of fused-ring (bicyclic) bond motifs is 1. The molecule has 4 nitrogen and oxygen atoms in total. The maximum absolute atomic E-state index is 11.0. The third-order valence-electron chi connectivity index (χ3n) is 3.79. The highest BCUT2D eigenvalue weighted by atomic mass is 16.4. The first-order valence-corrected chi connectivity index (χ1v) is 6.17. The van der Waals surface area contributed by atoms with Gasteiger partial charge in [-0.25, -0.2) is 4.79 Å². The first kappa shape index (κ1) is 11.1. The Morgan fingerprint density at radius 3 is 2.50 bits per heavy atom. The molecule has 1 heterocycles. The van der Waals surface area contributed by atoms with Crippen molar-refractivity contribution >= 4 is 17.4 Å². The fraction of sp³-hybridized carbons (Fsp3) is 0.357. The molecular formula is C14H14N2O2. The first-order chi connectivity index (χ1) is 8.75. The Kier molecular flexibility index (Phi) is 2.70. The van der Waals surface area contributed by atoms with Crippen molar-refractivity contribution < 1.29 is 9.90 Å². The lowest BCUT2D eigenvalue weighted by Crippen LogP contribution is -2.44. The van der Waals surface area contributed by atoms with Gasteiger partial charge in [-0.1, -0.05) is 30.3 Å². The minimum absolute atomic E-state index is 0.0821. The van der Waals surface area contributed by atoms with Gasteiger partial charge in [0.1, 0.15) is 0 Å². The quantitative estimate of drug-likeness (QED) is 0.882. The van der Waals surface area contributed by atoms with E-state index in [1.807, 2.05) is 18.2 Å². The summed E-state index contributed by atoms with van der Waals surface area (Å²) in [5.41, 5.74) is 2.47. The van der Waals surface area contributed by atoms with Gasteiger partial charge >= 0.3 is 5.97 Å². The SMILES string of the molecule is O=C(O)C1=NN=C(Cc2ccccc2)C2CCC12. The Balaban J connectivity index is 1.83. The normalized spacial score (nSPS) is 25.6. The van der Waals surface area contributed by atoms with Crippen LogP contribution in [0.1, 0.15) is 18.4 Å². The summed E-state index contributed by atoms with van der Waals surface area (Å²) in [4.78, 5) is 11.0. The van der Waals surface area contributed by atoms with Crippen LogP contribution in [-0.2, 0) is 11.2 Å². The molecule has 0 amide bonds. The van der Waals surface area contributed by atoms with Crippen LogP contribution >= 0.6 is 0 Å². The van der Waals surface area contributed by atoms with Gasteiger partial charge in [0.25, 0.3) is 0 Å². The van der Waals surface area contributed by atoms with Crippen LogP contribution < -0.4 is 0 Å². The summed E-state index contributed by atoms with van der Waals surface area (Å²) < 4.78 is 0. The Morgan fingerprint density at radius 1 is 1.17 bits per heavy atom. The number of carboxylic acids is 1.